The lowest BCUT2D eigenvalue weighted by Gasteiger charge is -2.42. The second kappa shape index (κ2) is 4.39. The second-order valence-electron chi connectivity index (χ2n) is 6.88. The van der Waals surface area contributed by atoms with E-state index in [4.69, 9.17) is 0 Å². The molecular formula is C17H20N2O2. The zero-order chi connectivity index (χ0) is 14.7. The largest absolute Gasteiger partial charge is 0.274 e. The molecule has 0 radical (unpaired) electrons. The molecule has 0 unspecified atom stereocenters. The average molecular weight is 284 g/mol. The lowest BCUT2D eigenvalue weighted by atomic mass is 9.59. The molecule has 2 bridgehead atoms. The van der Waals surface area contributed by atoms with Crippen molar-refractivity contribution in [3.8, 4) is 0 Å². The second-order valence-corrected chi connectivity index (χ2v) is 6.88. The Morgan fingerprint density at radius 3 is 1.95 bits per heavy atom. The topological polar surface area (TPSA) is 50.3 Å². The van der Waals surface area contributed by atoms with Gasteiger partial charge in [-0.15, -0.1) is 0 Å². The lowest BCUT2D eigenvalue weighted by Crippen LogP contribution is -2.41. The minimum Gasteiger partial charge on any atom is -0.274 e. The van der Waals surface area contributed by atoms with Gasteiger partial charge in [0.2, 0.25) is 11.8 Å². The number of imide groups is 1. The van der Waals surface area contributed by atoms with E-state index in [2.05, 4.69) is 4.98 Å². The average Bonchev–Trinajstić information content (AvgIpc) is 2.73. The molecule has 2 amide bonds. The lowest BCUT2D eigenvalue weighted by molar-refractivity contribution is -0.129. The molecule has 2 heterocycles. The summed E-state index contributed by atoms with van der Waals surface area (Å²) in [7, 11) is 0. The summed E-state index contributed by atoms with van der Waals surface area (Å²) >= 11 is 0. The maximum atomic E-state index is 12.8. The Morgan fingerprint density at radius 1 is 0.952 bits per heavy atom. The summed E-state index contributed by atoms with van der Waals surface area (Å²) in [6.07, 6.45) is 4.44. The quantitative estimate of drug-likeness (QED) is 0.745. The number of anilines is 1. The number of nitrogens with zero attached hydrogens (tertiary/aromatic N) is 2. The Hall–Kier alpha value is -1.71. The number of carbonyl (C=O) groups excluding carboxylic acids is 2. The number of amides is 2. The molecule has 1 aromatic rings. The van der Waals surface area contributed by atoms with E-state index in [1.54, 1.807) is 0 Å². The van der Waals surface area contributed by atoms with Crippen LogP contribution in [0.3, 0.4) is 0 Å². The van der Waals surface area contributed by atoms with Crippen molar-refractivity contribution in [2.75, 3.05) is 4.90 Å². The highest BCUT2D eigenvalue weighted by atomic mass is 16.2. The molecule has 2 atom stereocenters. The van der Waals surface area contributed by atoms with Gasteiger partial charge in [-0.3, -0.25) is 9.59 Å². The van der Waals surface area contributed by atoms with Crippen molar-refractivity contribution in [2.45, 2.75) is 39.5 Å². The molecule has 3 aliphatic carbocycles. The fraction of sp³-hybridized carbons (Fsp3) is 0.588. The van der Waals surface area contributed by atoms with E-state index in [-0.39, 0.29) is 23.7 Å². The Labute approximate surface area is 124 Å². The summed E-state index contributed by atoms with van der Waals surface area (Å²) in [4.78, 5) is 31.5. The highest BCUT2D eigenvalue weighted by Crippen LogP contribution is 2.53. The summed E-state index contributed by atoms with van der Waals surface area (Å²) < 4.78 is 0. The minimum absolute atomic E-state index is 0.00287. The van der Waals surface area contributed by atoms with Gasteiger partial charge in [-0.05, 0) is 69.1 Å². The number of carbonyl (C=O) groups is 2. The van der Waals surface area contributed by atoms with Crippen LogP contribution in [0.4, 0.5) is 5.82 Å². The standard InChI is InChI=1S/C17H20N2O2/c1-9-7-10(2)18-13(8-9)19-16(20)14-11-3-4-12(6-5-11)15(14)17(19)21/h7-8,11-12,14-15H,3-6H2,1-2H3/t11?,12?,14-,15-/m0/s1. The Kier molecular flexibility index (Phi) is 2.72. The van der Waals surface area contributed by atoms with E-state index in [1.165, 1.54) is 4.90 Å². The first kappa shape index (κ1) is 13.0. The van der Waals surface area contributed by atoms with Gasteiger partial charge in [-0.25, -0.2) is 9.88 Å². The number of fused-ring (bicyclic) bond motifs is 2. The zero-order valence-electron chi connectivity index (χ0n) is 12.5. The Bertz CT molecular complexity index is 581. The van der Waals surface area contributed by atoms with Crippen LogP contribution in [0, 0.1) is 37.5 Å². The van der Waals surface area contributed by atoms with Crippen LogP contribution in [-0.4, -0.2) is 16.8 Å². The van der Waals surface area contributed by atoms with E-state index in [9.17, 15) is 9.59 Å². The molecule has 0 aromatic carbocycles. The number of hydrogen-bond acceptors (Lipinski definition) is 3. The predicted molar refractivity (Wildman–Crippen MR) is 78.6 cm³/mol. The predicted octanol–water partition coefficient (Wildman–Crippen LogP) is 2.62. The third kappa shape index (κ3) is 1.78. The summed E-state index contributed by atoms with van der Waals surface area (Å²) in [5.41, 5.74) is 1.89. The molecule has 4 aliphatic rings. The van der Waals surface area contributed by atoms with Crippen LogP contribution in [0.25, 0.3) is 0 Å². The highest BCUT2D eigenvalue weighted by Gasteiger charge is 2.58. The molecule has 110 valence electrons. The van der Waals surface area contributed by atoms with E-state index >= 15 is 0 Å². The van der Waals surface area contributed by atoms with Crippen molar-refractivity contribution < 1.29 is 9.59 Å². The van der Waals surface area contributed by atoms with Gasteiger partial charge in [0.15, 0.2) is 0 Å². The van der Waals surface area contributed by atoms with Gasteiger partial charge in [-0.1, -0.05) is 0 Å². The molecule has 0 N–H and O–H groups in total. The molecular weight excluding hydrogens is 264 g/mol. The highest BCUT2D eigenvalue weighted by molar-refractivity contribution is 6.22. The Balaban J connectivity index is 1.77. The third-order valence-corrected chi connectivity index (χ3v) is 5.54. The first-order valence-electron chi connectivity index (χ1n) is 7.89. The first-order valence-corrected chi connectivity index (χ1v) is 7.89. The SMILES string of the molecule is Cc1cc(C)nc(N2C(=O)[C@H]3C4CCC(CC4)[C@@H]3C2=O)c1. The van der Waals surface area contributed by atoms with Crippen LogP contribution in [0.2, 0.25) is 0 Å². The van der Waals surface area contributed by atoms with Crippen molar-refractivity contribution >= 4 is 17.6 Å². The van der Waals surface area contributed by atoms with Crippen molar-refractivity contribution in [1.82, 2.24) is 4.98 Å². The van der Waals surface area contributed by atoms with Crippen LogP contribution in [0.5, 0.6) is 0 Å². The molecule has 1 aromatic heterocycles. The van der Waals surface area contributed by atoms with E-state index in [0.29, 0.717) is 17.7 Å². The number of aromatic nitrogens is 1. The van der Waals surface area contributed by atoms with E-state index in [0.717, 1.165) is 36.9 Å². The number of hydrogen-bond donors (Lipinski definition) is 0. The maximum Gasteiger partial charge on any atom is 0.239 e. The van der Waals surface area contributed by atoms with Crippen molar-refractivity contribution in [3.05, 3.63) is 23.4 Å². The molecule has 4 nitrogen and oxygen atoms in total. The molecule has 0 spiro atoms. The summed E-state index contributed by atoms with van der Waals surface area (Å²) in [5, 5.41) is 0. The van der Waals surface area contributed by atoms with Crippen LogP contribution < -0.4 is 4.90 Å². The number of rotatable bonds is 1. The summed E-state index contributed by atoms with van der Waals surface area (Å²) in [6.45, 7) is 3.87. The van der Waals surface area contributed by atoms with E-state index < -0.39 is 0 Å². The Morgan fingerprint density at radius 2 is 1.48 bits per heavy atom. The fourth-order valence-corrected chi connectivity index (χ4v) is 4.73. The molecule has 4 fully saturated rings. The smallest absolute Gasteiger partial charge is 0.239 e. The van der Waals surface area contributed by atoms with Crippen LogP contribution in [0.15, 0.2) is 12.1 Å². The molecule has 21 heavy (non-hydrogen) atoms. The van der Waals surface area contributed by atoms with Gasteiger partial charge in [-0.2, -0.15) is 0 Å². The third-order valence-electron chi connectivity index (χ3n) is 5.54. The fourth-order valence-electron chi connectivity index (χ4n) is 4.73. The number of pyridine rings is 1. The van der Waals surface area contributed by atoms with Crippen LogP contribution >= 0.6 is 0 Å². The van der Waals surface area contributed by atoms with Gasteiger partial charge in [0.25, 0.3) is 0 Å². The van der Waals surface area contributed by atoms with Crippen LogP contribution in [-0.2, 0) is 9.59 Å². The summed E-state index contributed by atoms with van der Waals surface area (Å²) in [6, 6.07) is 3.81. The van der Waals surface area contributed by atoms with Gasteiger partial charge in [0.05, 0.1) is 11.8 Å². The van der Waals surface area contributed by atoms with Crippen LogP contribution in [0.1, 0.15) is 36.9 Å². The number of aryl methyl sites for hydroxylation is 2. The van der Waals surface area contributed by atoms with Crippen molar-refractivity contribution in [3.63, 3.8) is 0 Å². The molecule has 5 rings (SSSR count). The van der Waals surface area contributed by atoms with Crippen molar-refractivity contribution in [2.24, 2.45) is 23.7 Å². The van der Waals surface area contributed by atoms with Crippen molar-refractivity contribution in [1.29, 1.82) is 0 Å². The zero-order valence-corrected chi connectivity index (χ0v) is 12.5. The monoisotopic (exact) mass is 284 g/mol. The van der Waals surface area contributed by atoms with Gasteiger partial charge >= 0.3 is 0 Å². The van der Waals surface area contributed by atoms with Gasteiger partial charge in [0, 0.05) is 5.69 Å². The normalized spacial score (nSPS) is 34.5. The van der Waals surface area contributed by atoms with Gasteiger partial charge in [0.1, 0.15) is 5.82 Å². The first-order chi connectivity index (χ1) is 10.1. The van der Waals surface area contributed by atoms with E-state index in [1.807, 2.05) is 26.0 Å². The maximum absolute atomic E-state index is 12.8. The summed E-state index contributed by atoms with van der Waals surface area (Å²) in [5.74, 6) is 1.19. The van der Waals surface area contributed by atoms with Gasteiger partial charge < -0.3 is 0 Å². The molecule has 4 heteroatoms. The minimum atomic E-state index is -0.0763. The molecule has 3 saturated carbocycles. The molecule has 1 aliphatic heterocycles. The molecule has 1 saturated heterocycles.